The highest BCUT2D eigenvalue weighted by molar-refractivity contribution is 5.17. The number of unbranched alkanes of at least 4 members (excludes halogenated alkanes) is 4. The Bertz CT molecular complexity index is 844. The number of hydrogen-bond acceptors (Lipinski definition) is 6. The average Bonchev–Trinajstić information content (AvgIpc) is 2.89. The lowest BCUT2D eigenvalue weighted by molar-refractivity contribution is -0.367. The molecule has 2 aromatic rings. The minimum Gasteiger partial charge on any atom is -0.387 e. The number of aliphatic hydroxyl groups is 1. The summed E-state index contributed by atoms with van der Waals surface area (Å²) in [6.07, 6.45) is 3.48. The molecule has 0 aliphatic carbocycles. The summed E-state index contributed by atoms with van der Waals surface area (Å²) in [4.78, 5) is 0. The molecule has 2 aliphatic rings. The Morgan fingerprint density at radius 1 is 0.912 bits per heavy atom. The molecule has 0 saturated carbocycles. The molecule has 184 valence electrons. The van der Waals surface area contributed by atoms with Crippen molar-refractivity contribution in [2.24, 2.45) is 0 Å². The Balaban J connectivity index is 1.38. The van der Waals surface area contributed by atoms with Crippen LogP contribution >= 0.6 is 0 Å². The normalized spacial score (nSPS) is 28.9. The van der Waals surface area contributed by atoms with Gasteiger partial charge in [0, 0.05) is 12.2 Å². The number of aliphatic hydroxyl groups excluding tert-OH is 1. The molecule has 0 bridgehead atoms. The molecule has 0 radical (unpaired) electrons. The number of rotatable bonds is 12. The van der Waals surface area contributed by atoms with E-state index in [1.807, 2.05) is 66.7 Å². The van der Waals surface area contributed by atoms with E-state index >= 15 is 0 Å². The first-order chi connectivity index (χ1) is 16.8. The fraction of sp³-hybridized carbons (Fsp3) is 0.500. The molecule has 0 aromatic heterocycles. The highest BCUT2D eigenvalue weighted by Gasteiger charge is 2.50. The van der Waals surface area contributed by atoms with Gasteiger partial charge >= 0.3 is 0 Å². The Hall–Kier alpha value is -2.06. The molecule has 2 aromatic carbocycles. The molecule has 6 nitrogen and oxygen atoms in total. The monoisotopic (exact) mass is 468 g/mol. The van der Waals surface area contributed by atoms with Gasteiger partial charge in [-0.2, -0.15) is 0 Å². The zero-order valence-corrected chi connectivity index (χ0v) is 19.7. The Labute approximate surface area is 202 Å². The first-order valence-corrected chi connectivity index (χ1v) is 12.3. The van der Waals surface area contributed by atoms with Crippen LogP contribution in [0.1, 0.15) is 49.5 Å². The van der Waals surface area contributed by atoms with Crippen LogP contribution in [-0.4, -0.2) is 49.0 Å². The zero-order valence-electron chi connectivity index (χ0n) is 19.7. The molecule has 6 heteroatoms. The molecule has 1 N–H and O–H groups in total. The summed E-state index contributed by atoms with van der Waals surface area (Å²) in [7, 11) is 0. The summed E-state index contributed by atoms with van der Waals surface area (Å²) in [6, 6.07) is 19.6. The predicted molar refractivity (Wildman–Crippen MR) is 129 cm³/mol. The van der Waals surface area contributed by atoms with E-state index in [0.29, 0.717) is 19.8 Å². The van der Waals surface area contributed by atoms with Gasteiger partial charge in [0.1, 0.15) is 24.4 Å². The van der Waals surface area contributed by atoms with Crippen molar-refractivity contribution >= 4 is 0 Å². The molecular formula is C28H36O6. The maximum atomic E-state index is 11.3. The van der Waals surface area contributed by atoms with Crippen molar-refractivity contribution in [2.75, 3.05) is 13.2 Å². The largest absolute Gasteiger partial charge is 0.387 e. The molecular weight excluding hydrogens is 432 g/mol. The van der Waals surface area contributed by atoms with Gasteiger partial charge in [0.25, 0.3) is 0 Å². The summed E-state index contributed by atoms with van der Waals surface area (Å²) in [6.45, 7) is 4.97. The summed E-state index contributed by atoms with van der Waals surface area (Å²) >= 11 is 0. The highest BCUT2D eigenvalue weighted by Crippen LogP contribution is 2.35. The number of hydrogen-bond donors (Lipinski definition) is 1. The SMILES string of the molecule is C=CCCCCCCO[C@@H]1O[C@@H]2COC(c3ccccc3)O[C@@H]2[C@H](O)[C@H]1OCc1ccccc1. The lowest BCUT2D eigenvalue weighted by atomic mass is 9.97. The van der Waals surface area contributed by atoms with Gasteiger partial charge < -0.3 is 28.8 Å². The van der Waals surface area contributed by atoms with Crippen LogP contribution in [0.3, 0.4) is 0 Å². The maximum Gasteiger partial charge on any atom is 0.186 e. The van der Waals surface area contributed by atoms with Crippen molar-refractivity contribution in [2.45, 2.75) is 75.7 Å². The van der Waals surface area contributed by atoms with E-state index in [2.05, 4.69) is 6.58 Å². The number of ether oxygens (including phenoxy) is 5. The molecule has 1 unspecified atom stereocenters. The van der Waals surface area contributed by atoms with Crippen LogP contribution in [0.15, 0.2) is 73.3 Å². The molecule has 4 rings (SSSR count). The van der Waals surface area contributed by atoms with E-state index in [4.69, 9.17) is 23.7 Å². The average molecular weight is 469 g/mol. The molecule has 0 amide bonds. The van der Waals surface area contributed by atoms with E-state index in [1.54, 1.807) is 0 Å². The second-order valence-corrected chi connectivity index (χ2v) is 8.83. The fourth-order valence-electron chi connectivity index (χ4n) is 4.37. The van der Waals surface area contributed by atoms with Gasteiger partial charge in [-0.25, -0.2) is 0 Å². The molecule has 0 spiro atoms. The lowest BCUT2D eigenvalue weighted by Crippen LogP contribution is -2.62. The topological polar surface area (TPSA) is 66.4 Å². The predicted octanol–water partition coefficient (Wildman–Crippen LogP) is 4.92. The van der Waals surface area contributed by atoms with Crippen molar-refractivity contribution in [3.63, 3.8) is 0 Å². The summed E-state index contributed by atoms with van der Waals surface area (Å²) in [5, 5.41) is 11.3. The van der Waals surface area contributed by atoms with Gasteiger partial charge in [-0.15, -0.1) is 6.58 Å². The minimum absolute atomic E-state index is 0.314. The second-order valence-electron chi connectivity index (χ2n) is 8.83. The Morgan fingerprint density at radius 3 is 2.41 bits per heavy atom. The van der Waals surface area contributed by atoms with Gasteiger partial charge in [-0.05, 0) is 24.8 Å². The van der Waals surface area contributed by atoms with E-state index in [1.165, 1.54) is 0 Å². The van der Waals surface area contributed by atoms with Crippen LogP contribution in [-0.2, 0) is 30.3 Å². The molecule has 6 atom stereocenters. The third kappa shape index (κ3) is 6.75. The quantitative estimate of drug-likeness (QED) is 0.352. The van der Waals surface area contributed by atoms with Crippen LogP contribution in [0.25, 0.3) is 0 Å². The standard InChI is InChI=1S/C28H36O6/c1-2-3-4-5-6-13-18-30-28-26(31-19-21-14-9-7-10-15-21)24(29)25-23(33-28)20-32-27(34-25)22-16-11-8-12-17-22/h2,7-12,14-17,23-29H,1,3-6,13,18-20H2/t23-,24+,25+,26-,27?,28-/m1/s1. The second kappa shape index (κ2) is 13.1. The summed E-state index contributed by atoms with van der Waals surface area (Å²) < 4.78 is 30.5. The molecule has 2 heterocycles. The minimum atomic E-state index is -0.907. The molecule has 2 saturated heterocycles. The van der Waals surface area contributed by atoms with Gasteiger partial charge in [0.15, 0.2) is 12.6 Å². The van der Waals surface area contributed by atoms with Crippen LogP contribution in [0, 0.1) is 0 Å². The van der Waals surface area contributed by atoms with Crippen LogP contribution in [0.5, 0.6) is 0 Å². The van der Waals surface area contributed by atoms with Crippen molar-refractivity contribution in [3.8, 4) is 0 Å². The van der Waals surface area contributed by atoms with E-state index < -0.39 is 37.0 Å². The third-order valence-electron chi connectivity index (χ3n) is 6.25. The van der Waals surface area contributed by atoms with E-state index in [0.717, 1.165) is 43.2 Å². The number of fused-ring (bicyclic) bond motifs is 1. The van der Waals surface area contributed by atoms with Crippen molar-refractivity contribution in [1.82, 2.24) is 0 Å². The summed E-state index contributed by atoms with van der Waals surface area (Å²) in [5.41, 5.74) is 1.93. The maximum absolute atomic E-state index is 11.3. The third-order valence-corrected chi connectivity index (χ3v) is 6.25. The Kier molecular flexibility index (Phi) is 9.68. The Morgan fingerprint density at radius 2 is 1.65 bits per heavy atom. The van der Waals surface area contributed by atoms with Gasteiger partial charge in [0.05, 0.1) is 13.2 Å². The van der Waals surface area contributed by atoms with Gasteiger partial charge in [0.2, 0.25) is 0 Å². The van der Waals surface area contributed by atoms with Crippen LogP contribution in [0.2, 0.25) is 0 Å². The summed E-state index contributed by atoms with van der Waals surface area (Å²) in [5.74, 6) is 0. The smallest absolute Gasteiger partial charge is 0.186 e. The van der Waals surface area contributed by atoms with Crippen molar-refractivity contribution in [3.05, 3.63) is 84.4 Å². The number of allylic oxidation sites excluding steroid dienone is 1. The molecule has 2 fully saturated rings. The van der Waals surface area contributed by atoms with Crippen molar-refractivity contribution < 1.29 is 28.8 Å². The lowest BCUT2D eigenvalue weighted by Gasteiger charge is -2.47. The van der Waals surface area contributed by atoms with E-state index in [9.17, 15) is 5.11 Å². The molecule has 34 heavy (non-hydrogen) atoms. The highest BCUT2D eigenvalue weighted by atomic mass is 16.8. The van der Waals surface area contributed by atoms with E-state index in [-0.39, 0.29) is 0 Å². The van der Waals surface area contributed by atoms with Crippen LogP contribution in [0.4, 0.5) is 0 Å². The number of benzene rings is 2. The van der Waals surface area contributed by atoms with Crippen LogP contribution < -0.4 is 0 Å². The van der Waals surface area contributed by atoms with Gasteiger partial charge in [-0.1, -0.05) is 79.6 Å². The first-order valence-electron chi connectivity index (χ1n) is 12.3. The fourth-order valence-corrected chi connectivity index (χ4v) is 4.37. The zero-order chi connectivity index (χ0) is 23.6. The molecule has 2 aliphatic heterocycles. The first kappa shape index (κ1) is 25.0. The van der Waals surface area contributed by atoms with Crippen molar-refractivity contribution in [1.29, 1.82) is 0 Å². The van der Waals surface area contributed by atoms with Gasteiger partial charge in [-0.3, -0.25) is 0 Å².